The van der Waals surface area contributed by atoms with Crippen LogP contribution in [-0.2, 0) is 6.54 Å². The number of halogens is 1. The number of carbonyl (C=O) groups is 1. The lowest BCUT2D eigenvalue weighted by Gasteiger charge is -2.42. The Labute approximate surface area is 211 Å². The number of nitrogens with zero attached hydrogens (tertiary/aromatic N) is 7. The number of nitriles is 1. The molecule has 11 heteroatoms. The van der Waals surface area contributed by atoms with Gasteiger partial charge in [-0.3, -0.25) is 9.88 Å². The van der Waals surface area contributed by atoms with Crippen LogP contribution in [0.15, 0.2) is 41.5 Å². The van der Waals surface area contributed by atoms with Gasteiger partial charge in [0.15, 0.2) is 5.82 Å². The molecule has 0 unspecified atom stereocenters. The molecule has 190 valence electrons. The quantitative estimate of drug-likeness (QED) is 0.383. The molecule has 0 saturated carbocycles. The number of pyridine rings is 1. The van der Waals surface area contributed by atoms with Gasteiger partial charge in [0.05, 0.1) is 5.69 Å². The van der Waals surface area contributed by atoms with Gasteiger partial charge in [-0.15, -0.1) is 4.99 Å². The minimum absolute atomic E-state index is 0.132. The molecule has 0 aliphatic carbocycles. The maximum absolute atomic E-state index is 15.2. The molecule has 0 spiro atoms. The number of rotatable bonds is 4. The van der Waals surface area contributed by atoms with Crippen LogP contribution < -0.4 is 10.6 Å². The highest BCUT2D eigenvalue weighted by atomic mass is 19.1. The summed E-state index contributed by atoms with van der Waals surface area (Å²) in [5.74, 6) is 0.295. The largest absolute Gasteiger partial charge is 0.339 e. The van der Waals surface area contributed by atoms with E-state index in [-0.39, 0.29) is 5.69 Å². The van der Waals surface area contributed by atoms with Crippen LogP contribution in [0.2, 0.25) is 0 Å². The Morgan fingerprint density at radius 3 is 2.44 bits per heavy atom. The minimum atomic E-state index is -0.515. The molecule has 10 nitrogen and oxygen atoms in total. The Morgan fingerprint density at radius 1 is 1.08 bits per heavy atom. The fourth-order valence-electron chi connectivity index (χ4n) is 4.45. The van der Waals surface area contributed by atoms with Crippen molar-refractivity contribution in [3.8, 4) is 6.19 Å². The topological polar surface area (TPSA) is 103 Å². The van der Waals surface area contributed by atoms with Gasteiger partial charge in [-0.05, 0) is 32.2 Å². The molecule has 0 radical (unpaired) electrons. The van der Waals surface area contributed by atoms with Gasteiger partial charge in [-0.2, -0.15) is 5.26 Å². The summed E-state index contributed by atoms with van der Waals surface area (Å²) in [6, 6.07) is 7.93. The predicted octanol–water partition coefficient (Wildman–Crippen LogP) is 2.38. The Kier molecular flexibility index (Phi) is 8.30. The monoisotopic (exact) mass is 493 g/mol. The van der Waals surface area contributed by atoms with E-state index in [1.54, 1.807) is 36.5 Å². The average Bonchev–Trinajstić information content (AvgIpc) is 2.86. The van der Waals surface area contributed by atoms with Crippen molar-refractivity contribution in [2.75, 3.05) is 70.0 Å². The SMILES string of the molecule is Cc1cc(NC(=O)Nc2cccc(CN3CCN(C(=NC#N)N4CCN(C)CC4)CC3)c2F)ccn1. The standard InChI is InChI=1S/C25H32FN9O/c1-19-16-21(6-7-28-19)30-24(36)31-22-5-3-4-20(23(22)26)17-33-10-14-35(15-11-33)25(29-18-27)34-12-8-32(2)9-13-34/h3-7,16H,8-15,17H2,1-2H3,(H2,28,30,31,36). The van der Waals surface area contributed by atoms with Crippen LogP contribution >= 0.6 is 0 Å². The average molecular weight is 494 g/mol. The van der Waals surface area contributed by atoms with Gasteiger partial charge in [-0.1, -0.05) is 12.1 Å². The Morgan fingerprint density at radius 2 is 1.78 bits per heavy atom. The molecule has 2 N–H and O–H groups in total. The van der Waals surface area contributed by atoms with Crippen molar-refractivity contribution < 1.29 is 9.18 Å². The number of anilines is 2. The van der Waals surface area contributed by atoms with Gasteiger partial charge in [0.1, 0.15) is 0 Å². The highest BCUT2D eigenvalue weighted by Gasteiger charge is 2.26. The van der Waals surface area contributed by atoms with Crippen LogP contribution in [-0.4, -0.2) is 96.0 Å². The summed E-state index contributed by atoms with van der Waals surface area (Å²) in [4.78, 5) is 29.4. The fraction of sp³-hybridized carbons (Fsp3) is 0.440. The van der Waals surface area contributed by atoms with E-state index in [4.69, 9.17) is 0 Å². The molecular formula is C25H32FN9O. The van der Waals surface area contributed by atoms with Crippen molar-refractivity contribution in [1.29, 1.82) is 5.26 Å². The zero-order valence-corrected chi connectivity index (χ0v) is 20.7. The fourth-order valence-corrected chi connectivity index (χ4v) is 4.45. The number of nitrogens with one attached hydrogen (secondary N) is 2. The van der Waals surface area contributed by atoms with Crippen LogP contribution in [0.5, 0.6) is 0 Å². The molecule has 3 heterocycles. The van der Waals surface area contributed by atoms with Crippen LogP contribution in [0.3, 0.4) is 0 Å². The Balaban J connectivity index is 1.33. The van der Waals surface area contributed by atoms with Gasteiger partial charge in [0.25, 0.3) is 0 Å². The molecule has 36 heavy (non-hydrogen) atoms. The number of piperazine rings is 2. The van der Waals surface area contributed by atoms with E-state index in [1.165, 1.54) is 0 Å². The third-order valence-electron chi connectivity index (χ3n) is 6.47. The second-order valence-electron chi connectivity index (χ2n) is 9.11. The number of guanidine groups is 1. The van der Waals surface area contributed by atoms with E-state index in [0.717, 1.165) is 50.9 Å². The van der Waals surface area contributed by atoms with E-state index in [2.05, 4.69) is 47.3 Å². The van der Waals surface area contributed by atoms with Gasteiger partial charge < -0.3 is 25.3 Å². The molecule has 2 aromatic rings. The molecule has 2 fully saturated rings. The van der Waals surface area contributed by atoms with Gasteiger partial charge in [0.2, 0.25) is 12.2 Å². The summed E-state index contributed by atoms with van der Waals surface area (Å²) in [6.07, 6.45) is 3.56. The normalized spacial score (nSPS) is 17.6. The van der Waals surface area contributed by atoms with E-state index in [0.29, 0.717) is 30.9 Å². The summed E-state index contributed by atoms with van der Waals surface area (Å²) < 4.78 is 15.2. The van der Waals surface area contributed by atoms with Crippen LogP contribution in [0.4, 0.5) is 20.6 Å². The molecular weight excluding hydrogens is 461 g/mol. The number of hydrogen-bond donors (Lipinski definition) is 2. The zero-order valence-electron chi connectivity index (χ0n) is 20.7. The molecule has 2 amide bonds. The molecule has 2 aliphatic heterocycles. The number of aromatic nitrogens is 1. The Bertz CT molecular complexity index is 1130. The van der Waals surface area contributed by atoms with Crippen molar-refractivity contribution in [1.82, 2.24) is 24.6 Å². The van der Waals surface area contributed by atoms with E-state index < -0.39 is 11.8 Å². The van der Waals surface area contributed by atoms with Gasteiger partial charge >= 0.3 is 6.03 Å². The zero-order chi connectivity index (χ0) is 25.5. The lowest BCUT2D eigenvalue weighted by molar-refractivity contribution is 0.147. The van der Waals surface area contributed by atoms with Gasteiger partial charge in [0, 0.05) is 82.0 Å². The van der Waals surface area contributed by atoms with Crippen molar-refractivity contribution in [2.24, 2.45) is 4.99 Å². The molecule has 2 saturated heterocycles. The molecule has 2 aliphatic rings. The summed E-state index contributed by atoms with van der Waals surface area (Å²) in [7, 11) is 2.09. The van der Waals surface area contributed by atoms with Crippen molar-refractivity contribution in [2.45, 2.75) is 13.5 Å². The number of aryl methyl sites for hydroxylation is 1. The number of hydrogen-bond acceptors (Lipinski definition) is 6. The third kappa shape index (κ3) is 6.47. The Hall–Kier alpha value is -3.75. The molecule has 0 bridgehead atoms. The van der Waals surface area contributed by atoms with Crippen LogP contribution in [0.1, 0.15) is 11.3 Å². The lowest BCUT2D eigenvalue weighted by Crippen LogP contribution is -2.56. The first-order chi connectivity index (χ1) is 17.4. The van der Waals surface area contributed by atoms with Crippen LogP contribution in [0.25, 0.3) is 0 Å². The third-order valence-corrected chi connectivity index (χ3v) is 6.47. The van der Waals surface area contributed by atoms with Crippen LogP contribution in [0, 0.1) is 24.2 Å². The lowest BCUT2D eigenvalue weighted by atomic mass is 10.1. The summed E-state index contributed by atoms with van der Waals surface area (Å²) >= 11 is 0. The van der Waals surface area contributed by atoms with E-state index in [9.17, 15) is 10.1 Å². The first-order valence-electron chi connectivity index (χ1n) is 12.1. The summed E-state index contributed by atoms with van der Waals surface area (Å²) in [6.45, 7) is 8.68. The molecule has 1 aromatic carbocycles. The van der Waals surface area contributed by atoms with Crippen molar-refractivity contribution >= 4 is 23.4 Å². The summed E-state index contributed by atoms with van der Waals surface area (Å²) in [5.41, 5.74) is 2.01. The van der Waals surface area contributed by atoms with Crippen molar-refractivity contribution in [3.05, 3.63) is 53.6 Å². The smallest absolute Gasteiger partial charge is 0.323 e. The van der Waals surface area contributed by atoms with Crippen molar-refractivity contribution in [3.63, 3.8) is 0 Å². The number of benzene rings is 1. The van der Waals surface area contributed by atoms with E-state index >= 15 is 4.39 Å². The first kappa shape index (κ1) is 25.3. The highest BCUT2D eigenvalue weighted by Crippen LogP contribution is 2.21. The molecule has 4 rings (SSSR count). The predicted molar refractivity (Wildman–Crippen MR) is 137 cm³/mol. The number of amides is 2. The summed E-state index contributed by atoms with van der Waals surface area (Å²) in [5, 5.41) is 14.5. The number of aliphatic imine (C=N–C) groups is 1. The number of likely N-dealkylation sites (N-methyl/N-ethyl adjacent to an activating group) is 1. The number of urea groups is 1. The molecule has 1 aromatic heterocycles. The minimum Gasteiger partial charge on any atom is -0.339 e. The second-order valence-corrected chi connectivity index (χ2v) is 9.11. The maximum Gasteiger partial charge on any atom is 0.323 e. The van der Waals surface area contributed by atoms with E-state index in [1.807, 2.05) is 13.1 Å². The highest BCUT2D eigenvalue weighted by molar-refractivity contribution is 5.99. The second kappa shape index (κ2) is 11.8. The number of carbonyl (C=O) groups excluding carboxylic acids is 1. The maximum atomic E-state index is 15.2. The molecule has 0 atom stereocenters. The van der Waals surface area contributed by atoms with Gasteiger partial charge in [-0.25, -0.2) is 9.18 Å². The first-order valence-corrected chi connectivity index (χ1v) is 12.1.